The third-order valence-electron chi connectivity index (χ3n) is 3.24. The summed E-state index contributed by atoms with van der Waals surface area (Å²) in [6.45, 7) is 6.09. The minimum absolute atomic E-state index is 0.105. The van der Waals surface area contributed by atoms with Crippen LogP contribution < -0.4 is 0 Å². The lowest BCUT2D eigenvalue weighted by molar-refractivity contribution is -0.127. The normalized spacial score (nSPS) is 11.8. The van der Waals surface area contributed by atoms with Gasteiger partial charge in [-0.2, -0.15) is 0 Å². The van der Waals surface area contributed by atoms with Crippen LogP contribution in [0.5, 0.6) is 0 Å². The van der Waals surface area contributed by atoms with Crippen LogP contribution in [-0.4, -0.2) is 42.9 Å². The lowest BCUT2D eigenvalue weighted by Crippen LogP contribution is -2.36. The Morgan fingerprint density at radius 2 is 1.81 bits per heavy atom. The molecule has 116 valence electrons. The Balaban J connectivity index is 2.83. The number of likely N-dealkylation sites (N-methyl/N-ethyl adjacent to an activating group) is 1. The van der Waals surface area contributed by atoms with Crippen LogP contribution in [0.2, 0.25) is 5.02 Å². The van der Waals surface area contributed by atoms with Crippen molar-refractivity contribution in [1.82, 2.24) is 9.80 Å². The average molecular weight is 309 g/mol. The zero-order valence-corrected chi connectivity index (χ0v) is 14.2. The molecule has 1 amide bonds. The van der Waals surface area contributed by atoms with Gasteiger partial charge in [-0.1, -0.05) is 36.7 Å². The molecule has 4 heteroatoms. The zero-order chi connectivity index (χ0) is 15.8. The van der Waals surface area contributed by atoms with Gasteiger partial charge in [0, 0.05) is 30.2 Å². The third kappa shape index (κ3) is 6.32. The van der Waals surface area contributed by atoms with Crippen LogP contribution in [-0.2, 0) is 11.3 Å². The Morgan fingerprint density at radius 3 is 2.33 bits per heavy atom. The maximum absolute atomic E-state index is 12.5. The molecule has 0 saturated heterocycles. The van der Waals surface area contributed by atoms with Gasteiger partial charge in [0.15, 0.2) is 0 Å². The molecule has 1 aromatic carbocycles. The molecule has 0 aliphatic rings. The first-order chi connectivity index (χ1) is 9.93. The van der Waals surface area contributed by atoms with Crippen LogP contribution in [0.15, 0.2) is 35.9 Å². The van der Waals surface area contributed by atoms with Gasteiger partial charge < -0.3 is 9.80 Å². The summed E-state index contributed by atoms with van der Waals surface area (Å²) in [5.41, 5.74) is 1.90. The van der Waals surface area contributed by atoms with Gasteiger partial charge in [-0.15, -0.1) is 0 Å². The second-order valence-electron chi connectivity index (χ2n) is 5.45. The molecule has 0 heterocycles. The minimum atomic E-state index is 0.105. The minimum Gasteiger partial charge on any atom is -0.333 e. The van der Waals surface area contributed by atoms with E-state index in [1.807, 2.05) is 63.2 Å². The highest BCUT2D eigenvalue weighted by Gasteiger charge is 2.15. The van der Waals surface area contributed by atoms with Crippen LogP contribution in [0.3, 0.4) is 0 Å². The Morgan fingerprint density at radius 1 is 1.19 bits per heavy atom. The SMILES string of the molecule is CC/C=C(/C)C(=O)N(CCN(C)C)Cc1ccc(Cl)cc1. The van der Waals surface area contributed by atoms with E-state index in [0.29, 0.717) is 18.1 Å². The van der Waals surface area contributed by atoms with Crippen molar-refractivity contribution in [2.75, 3.05) is 27.2 Å². The predicted molar refractivity (Wildman–Crippen MR) is 89.5 cm³/mol. The maximum Gasteiger partial charge on any atom is 0.249 e. The molecule has 0 bridgehead atoms. The summed E-state index contributed by atoms with van der Waals surface area (Å²) in [6, 6.07) is 7.66. The van der Waals surface area contributed by atoms with Crippen LogP contribution >= 0.6 is 11.6 Å². The first kappa shape index (κ1) is 17.7. The second-order valence-corrected chi connectivity index (χ2v) is 5.89. The van der Waals surface area contributed by atoms with Gasteiger partial charge >= 0.3 is 0 Å². The van der Waals surface area contributed by atoms with Crippen molar-refractivity contribution in [2.45, 2.75) is 26.8 Å². The van der Waals surface area contributed by atoms with E-state index in [9.17, 15) is 4.79 Å². The molecular formula is C17H25ClN2O. The highest BCUT2D eigenvalue weighted by atomic mass is 35.5. The largest absolute Gasteiger partial charge is 0.333 e. The summed E-state index contributed by atoms with van der Waals surface area (Å²) < 4.78 is 0. The Hall–Kier alpha value is -1.32. The summed E-state index contributed by atoms with van der Waals surface area (Å²) >= 11 is 5.91. The number of nitrogens with zero attached hydrogens (tertiary/aromatic N) is 2. The molecular weight excluding hydrogens is 284 g/mol. The van der Waals surface area contributed by atoms with Crippen LogP contribution in [0.25, 0.3) is 0 Å². The molecule has 1 rings (SSSR count). The zero-order valence-electron chi connectivity index (χ0n) is 13.4. The lowest BCUT2D eigenvalue weighted by Gasteiger charge is -2.25. The highest BCUT2D eigenvalue weighted by Crippen LogP contribution is 2.13. The van der Waals surface area contributed by atoms with Gasteiger partial charge in [0.1, 0.15) is 0 Å². The van der Waals surface area contributed by atoms with E-state index in [-0.39, 0.29) is 5.91 Å². The number of hydrogen-bond acceptors (Lipinski definition) is 2. The van der Waals surface area contributed by atoms with E-state index in [1.165, 1.54) is 0 Å². The molecule has 0 atom stereocenters. The van der Waals surface area contributed by atoms with E-state index in [2.05, 4.69) is 4.90 Å². The predicted octanol–water partition coefficient (Wildman–Crippen LogP) is 3.59. The topological polar surface area (TPSA) is 23.6 Å². The van der Waals surface area contributed by atoms with Gasteiger partial charge in [0.25, 0.3) is 0 Å². The monoisotopic (exact) mass is 308 g/mol. The molecule has 1 aromatic rings. The fourth-order valence-corrected chi connectivity index (χ4v) is 2.15. The van der Waals surface area contributed by atoms with E-state index in [1.54, 1.807) is 0 Å². The number of amides is 1. The quantitative estimate of drug-likeness (QED) is 0.719. The van der Waals surface area contributed by atoms with Crippen LogP contribution in [0.4, 0.5) is 0 Å². The van der Waals surface area contributed by atoms with Crippen molar-refractivity contribution in [1.29, 1.82) is 0 Å². The van der Waals surface area contributed by atoms with Gasteiger partial charge in [0.2, 0.25) is 5.91 Å². The van der Waals surface area contributed by atoms with Crippen molar-refractivity contribution in [3.8, 4) is 0 Å². The molecule has 0 aliphatic heterocycles. The summed E-state index contributed by atoms with van der Waals surface area (Å²) in [4.78, 5) is 16.5. The van der Waals surface area contributed by atoms with Crippen LogP contribution in [0.1, 0.15) is 25.8 Å². The summed E-state index contributed by atoms with van der Waals surface area (Å²) in [7, 11) is 4.03. The van der Waals surface area contributed by atoms with Crippen LogP contribution in [0, 0.1) is 0 Å². The fourth-order valence-electron chi connectivity index (χ4n) is 2.03. The number of benzene rings is 1. The fraction of sp³-hybridized carbons (Fsp3) is 0.471. The number of hydrogen-bond donors (Lipinski definition) is 0. The molecule has 21 heavy (non-hydrogen) atoms. The van der Waals surface area contributed by atoms with Crippen molar-refractivity contribution in [3.05, 3.63) is 46.5 Å². The van der Waals surface area contributed by atoms with Crippen molar-refractivity contribution in [2.24, 2.45) is 0 Å². The third-order valence-corrected chi connectivity index (χ3v) is 3.49. The number of rotatable bonds is 7. The molecule has 3 nitrogen and oxygen atoms in total. The number of halogens is 1. The average Bonchev–Trinajstić information content (AvgIpc) is 2.44. The van der Waals surface area contributed by atoms with Crippen molar-refractivity contribution >= 4 is 17.5 Å². The van der Waals surface area contributed by atoms with Gasteiger partial charge in [0.05, 0.1) is 0 Å². The summed E-state index contributed by atoms with van der Waals surface area (Å²) in [5, 5.41) is 0.715. The molecule has 0 saturated carbocycles. The number of carbonyl (C=O) groups is 1. The van der Waals surface area contributed by atoms with Gasteiger partial charge in [-0.25, -0.2) is 0 Å². The Bertz CT molecular complexity index is 480. The Kier molecular flexibility index (Phi) is 7.48. The highest BCUT2D eigenvalue weighted by molar-refractivity contribution is 6.30. The smallest absolute Gasteiger partial charge is 0.249 e. The first-order valence-electron chi connectivity index (χ1n) is 7.29. The van der Waals surface area contributed by atoms with Gasteiger partial charge in [-0.05, 0) is 45.1 Å². The van der Waals surface area contributed by atoms with Crippen molar-refractivity contribution in [3.63, 3.8) is 0 Å². The summed E-state index contributed by atoms with van der Waals surface area (Å²) in [5.74, 6) is 0.105. The lowest BCUT2D eigenvalue weighted by atomic mass is 10.1. The standard InChI is InChI=1S/C17H25ClN2O/c1-5-6-14(2)17(21)20(12-11-19(3)4)13-15-7-9-16(18)10-8-15/h6-10H,5,11-13H2,1-4H3/b14-6-. The molecule has 0 spiro atoms. The first-order valence-corrected chi connectivity index (χ1v) is 7.67. The van der Waals surface area contributed by atoms with E-state index < -0.39 is 0 Å². The molecule has 0 fully saturated rings. The molecule has 0 unspecified atom stereocenters. The molecule has 0 N–H and O–H groups in total. The van der Waals surface area contributed by atoms with E-state index >= 15 is 0 Å². The second kappa shape index (κ2) is 8.85. The van der Waals surface area contributed by atoms with E-state index in [4.69, 9.17) is 11.6 Å². The molecule has 0 radical (unpaired) electrons. The Labute approximate surface area is 133 Å². The number of allylic oxidation sites excluding steroid dienone is 1. The number of carbonyl (C=O) groups excluding carboxylic acids is 1. The van der Waals surface area contributed by atoms with Gasteiger partial charge in [-0.3, -0.25) is 4.79 Å². The maximum atomic E-state index is 12.5. The molecule has 0 aliphatic carbocycles. The van der Waals surface area contributed by atoms with E-state index in [0.717, 1.165) is 24.1 Å². The van der Waals surface area contributed by atoms with Crippen molar-refractivity contribution < 1.29 is 4.79 Å². The summed E-state index contributed by atoms with van der Waals surface area (Å²) in [6.07, 6.45) is 2.85. The molecule has 0 aromatic heterocycles.